The summed E-state index contributed by atoms with van der Waals surface area (Å²) in [6.07, 6.45) is 9.40. The average Bonchev–Trinajstić information content (AvgIpc) is 2.87. The number of rotatable bonds is 1. The van der Waals surface area contributed by atoms with E-state index >= 15 is 0 Å². The minimum absolute atomic E-state index is 0.103. The zero-order valence-electron chi connectivity index (χ0n) is 16.5. The van der Waals surface area contributed by atoms with Crippen LogP contribution in [0.4, 0.5) is 0 Å². The molecule has 4 aliphatic rings. The van der Waals surface area contributed by atoms with Crippen LogP contribution in [-0.4, -0.2) is 22.8 Å². The van der Waals surface area contributed by atoms with Gasteiger partial charge in [0.2, 0.25) is 0 Å². The SMILES string of the molecule is CC(=O)O[C@H]1CC[C@@]2(C)[C@@H](CC[C@@H]3[C@@H]2CC[C@@]2(C)[C@H]3CC[C@]2(O)C#N)C1. The van der Waals surface area contributed by atoms with Gasteiger partial charge in [0, 0.05) is 12.3 Å². The third-order valence-electron chi connectivity index (χ3n) is 9.29. The third kappa shape index (κ3) is 2.39. The summed E-state index contributed by atoms with van der Waals surface area (Å²) in [5.41, 5.74) is -1.04. The number of aliphatic hydroxyl groups is 1. The van der Waals surface area contributed by atoms with Crippen molar-refractivity contribution in [3.8, 4) is 6.07 Å². The highest BCUT2D eigenvalue weighted by Gasteiger charge is 2.65. The van der Waals surface area contributed by atoms with Crippen LogP contribution in [0.5, 0.6) is 0 Å². The first-order valence-corrected chi connectivity index (χ1v) is 10.5. The highest BCUT2D eigenvalue weighted by atomic mass is 16.5. The second-order valence-corrected chi connectivity index (χ2v) is 10.1. The predicted molar refractivity (Wildman–Crippen MR) is 97.8 cm³/mol. The van der Waals surface area contributed by atoms with E-state index in [1.54, 1.807) is 0 Å². The summed E-state index contributed by atoms with van der Waals surface area (Å²) < 4.78 is 5.54. The number of fused-ring (bicyclic) bond motifs is 5. The predicted octanol–water partition coefficient (Wildman–Crippen LogP) is 4.22. The minimum Gasteiger partial charge on any atom is -0.463 e. The monoisotopic (exact) mass is 359 g/mol. The van der Waals surface area contributed by atoms with Gasteiger partial charge in [0.05, 0.1) is 6.07 Å². The molecular formula is C22H33NO3. The molecule has 26 heavy (non-hydrogen) atoms. The van der Waals surface area contributed by atoms with Crippen molar-refractivity contribution in [2.75, 3.05) is 0 Å². The molecule has 0 aliphatic heterocycles. The van der Waals surface area contributed by atoms with E-state index in [1.807, 2.05) is 0 Å². The second kappa shape index (κ2) is 5.96. The van der Waals surface area contributed by atoms with Gasteiger partial charge in [-0.25, -0.2) is 0 Å². The van der Waals surface area contributed by atoms with Crippen LogP contribution < -0.4 is 0 Å². The summed E-state index contributed by atoms with van der Waals surface area (Å²) in [6, 6.07) is 2.27. The Morgan fingerprint density at radius 3 is 2.50 bits per heavy atom. The molecule has 4 saturated carbocycles. The molecule has 0 radical (unpaired) electrons. The van der Waals surface area contributed by atoms with E-state index in [-0.39, 0.29) is 17.5 Å². The van der Waals surface area contributed by atoms with Crippen molar-refractivity contribution >= 4 is 5.97 Å². The standard InChI is InChI=1S/C22H33NO3/c1-14(24)26-16-6-9-20(2)15(12-16)4-5-17-18(20)7-10-21(3)19(17)8-11-22(21,25)13-23/h15-19,25H,4-12H2,1-3H3/t15-,16-,17+,18-,19-,20-,21-,22-/m0/s1. The lowest BCUT2D eigenvalue weighted by Crippen LogP contribution is -2.56. The van der Waals surface area contributed by atoms with E-state index in [4.69, 9.17) is 4.74 Å². The number of ether oxygens (including phenoxy) is 1. The molecule has 0 saturated heterocycles. The Hall–Kier alpha value is -1.08. The summed E-state index contributed by atoms with van der Waals surface area (Å²) in [5.74, 6) is 2.31. The fraction of sp³-hybridized carbons (Fsp3) is 0.909. The maximum absolute atomic E-state index is 11.4. The van der Waals surface area contributed by atoms with Gasteiger partial charge in [-0.05, 0) is 86.9 Å². The molecule has 0 spiro atoms. The van der Waals surface area contributed by atoms with Crippen LogP contribution >= 0.6 is 0 Å². The zero-order valence-corrected chi connectivity index (χ0v) is 16.5. The highest BCUT2D eigenvalue weighted by Crippen LogP contribution is 2.68. The zero-order chi connectivity index (χ0) is 18.7. The van der Waals surface area contributed by atoms with E-state index in [2.05, 4.69) is 19.9 Å². The molecule has 8 atom stereocenters. The molecule has 0 bridgehead atoms. The molecular weight excluding hydrogens is 326 g/mol. The van der Waals surface area contributed by atoms with Gasteiger partial charge in [-0.15, -0.1) is 0 Å². The number of esters is 1. The summed E-state index contributed by atoms with van der Waals surface area (Å²) in [7, 11) is 0. The Morgan fingerprint density at radius 2 is 1.81 bits per heavy atom. The summed E-state index contributed by atoms with van der Waals surface area (Å²) in [5, 5.41) is 20.6. The van der Waals surface area contributed by atoms with Crippen LogP contribution in [0.3, 0.4) is 0 Å². The average molecular weight is 360 g/mol. The molecule has 0 amide bonds. The van der Waals surface area contributed by atoms with Gasteiger partial charge in [0.1, 0.15) is 6.10 Å². The van der Waals surface area contributed by atoms with Crippen LogP contribution in [0.1, 0.15) is 78.6 Å². The van der Waals surface area contributed by atoms with Gasteiger partial charge in [-0.2, -0.15) is 5.26 Å². The topological polar surface area (TPSA) is 70.3 Å². The first-order valence-electron chi connectivity index (χ1n) is 10.5. The van der Waals surface area contributed by atoms with Crippen molar-refractivity contribution in [1.29, 1.82) is 5.26 Å². The van der Waals surface area contributed by atoms with E-state index in [1.165, 1.54) is 19.8 Å². The van der Waals surface area contributed by atoms with Crippen molar-refractivity contribution in [3.63, 3.8) is 0 Å². The Bertz CT molecular complexity index is 642. The van der Waals surface area contributed by atoms with Crippen molar-refractivity contribution in [2.45, 2.75) is 90.3 Å². The minimum atomic E-state index is -1.13. The number of hydrogen-bond donors (Lipinski definition) is 1. The molecule has 4 heteroatoms. The number of nitrogens with zero attached hydrogens (tertiary/aromatic N) is 1. The van der Waals surface area contributed by atoms with Crippen molar-refractivity contribution < 1.29 is 14.6 Å². The largest absolute Gasteiger partial charge is 0.463 e. The van der Waals surface area contributed by atoms with E-state index in [0.29, 0.717) is 35.5 Å². The Morgan fingerprint density at radius 1 is 1.08 bits per heavy atom. The van der Waals surface area contributed by atoms with Gasteiger partial charge in [-0.1, -0.05) is 13.8 Å². The highest BCUT2D eigenvalue weighted by molar-refractivity contribution is 5.66. The molecule has 0 aromatic rings. The molecule has 0 aromatic heterocycles. The molecule has 144 valence electrons. The molecule has 4 nitrogen and oxygen atoms in total. The fourth-order valence-electron chi connectivity index (χ4n) is 7.76. The van der Waals surface area contributed by atoms with Gasteiger partial charge in [0.25, 0.3) is 0 Å². The number of carbonyl (C=O) groups excluding carboxylic acids is 1. The maximum Gasteiger partial charge on any atom is 0.302 e. The van der Waals surface area contributed by atoms with Crippen LogP contribution in [0.25, 0.3) is 0 Å². The van der Waals surface area contributed by atoms with Gasteiger partial charge in [0.15, 0.2) is 5.60 Å². The first-order chi connectivity index (χ1) is 12.2. The van der Waals surface area contributed by atoms with Crippen molar-refractivity contribution in [2.24, 2.45) is 34.5 Å². The van der Waals surface area contributed by atoms with Gasteiger partial charge >= 0.3 is 5.97 Å². The van der Waals surface area contributed by atoms with Crippen molar-refractivity contribution in [3.05, 3.63) is 0 Å². The lowest BCUT2D eigenvalue weighted by Gasteiger charge is -2.61. The third-order valence-corrected chi connectivity index (χ3v) is 9.29. The van der Waals surface area contributed by atoms with E-state index < -0.39 is 5.60 Å². The van der Waals surface area contributed by atoms with E-state index in [9.17, 15) is 15.2 Å². The van der Waals surface area contributed by atoms with Crippen LogP contribution in [0.15, 0.2) is 0 Å². The smallest absolute Gasteiger partial charge is 0.302 e. The van der Waals surface area contributed by atoms with Gasteiger partial charge in [-0.3, -0.25) is 4.79 Å². The molecule has 4 aliphatic carbocycles. The van der Waals surface area contributed by atoms with Crippen molar-refractivity contribution in [1.82, 2.24) is 0 Å². The maximum atomic E-state index is 11.4. The molecule has 1 N–H and O–H groups in total. The van der Waals surface area contributed by atoms with E-state index in [0.717, 1.165) is 38.5 Å². The summed E-state index contributed by atoms with van der Waals surface area (Å²) in [4.78, 5) is 11.4. The number of nitriles is 1. The molecule has 0 aromatic carbocycles. The Labute approximate surface area is 157 Å². The Balaban J connectivity index is 1.56. The van der Waals surface area contributed by atoms with Crippen LogP contribution in [0.2, 0.25) is 0 Å². The molecule has 0 unspecified atom stereocenters. The molecule has 0 heterocycles. The number of hydrogen-bond acceptors (Lipinski definition) is 4. The summed E-state index contributed by atoms with van der Waals surface area (Å²) in [6.45, 7) is 6.17. The van der Waals surface area contributed by atoms with Crippen LogP contribution in [0, 0.1) is 45.8 Å². The lowest BCUT2D eigenvalue weighted by atomic mass is 9.44. The summed E-state index contributed by atoms with van der Waals surface area (Å²) >= 11 is 0. The molecule has 4 rings (SSSR count). The second-order valence-electron chi connectivity index (χ2n) is 10.1. The normalized spacial score (nSPS) is 53.0. The molecule has 4 fully saturated rings. The van der Waals surface area contributed by atoms with Gasteiger partial charge < -0.3 is 9.84 Å². The quantitative estimate of drug-likeness (QED) is 0.562. The number of carbonyl (C=O) groups is 1. The first kappa shape index (κ1) is 18.3. The van der Waals surface area contributed by atoms with Crippen LogP contribution in [-0.2, 0) is 9.53 Å². The Kier molecular flexibility index (Phi) is 4.19. The fourth-order valence-corrected chi connectivity index (χ4v) is 7.76. The lowest BCUT2D eigenvalue weighted by molar-refractivity contribution is -0.164.